The number of unbranched alkanes of at least 4 members (excludes halogenated alkanes) is 20. The Hall–Kier alpha value is -0.650. The van der Waals surface area contributed by atoms with Crippen molar-refractivity contribution in [2.24, 2.45) is 5.92 Å². The van der Waals surface area contributed by atoms with E-state index in [9.17, 15) is 15.0 Å². The summed E-state index contributed by atoms with van der Waals surface area (Å²) in [4.78, 5) is 14.4. The van der Waals surface area contributed by atoms with E-state index in [1.165, 1.54) is 128 Å². The lowest BCUT2D eigenvalue weighted by molar-refractivity contribution is -0.143. The molecule has 0 aromatic heterocycles. The Morgan fingerprint density at radius 1 is 0.543 bits per heavy atom. The molecule has 0 aliphatic rings. The van der Waals surface area contributed by atoms with Crippen molar-refractivity contribution in [3.63, 3.8) is 0 Å². The lowest BCUT2D eigenvalue weighted by Crippen LogP contribution is -2.35. The van der Waals surface area contributed by atoms with Gasteiger partial charge in [-0.2, -0.15) is 0 Å². The van der Waals surface area contributed by atoms with Gasteiger partial charge < -0.3 is 19.8 Å². The number of nitrogens with zero attached hydrogens (tertiary/aromatic N) is 1. The molecule has 0 radical (unpaired) electrons. The fraction of sp³-hybridized carbons (Fsp3) is 0.976. The van der Waals surface area contributed by atoms with E-state index in [0.29, 0.717) is 13.0 Å². The number of hydrogen-bond acceptors (Lipinski definition) is 5. The number of hydrogen-bond donors (Lipinski definition) is 2. The van der Waals surface area contributed by atoms with Gasteiger partial charge in [-0.25, -0.2) is 0 Å². The largest absolute Gasteiger partial charge is 0.466 e. The first-order valence-electron chi connectivity index (χ1n) is 20.7. The molecule has 0 saturated heterocycles. The maximum atomic E-state index is 11.9. The highest BCUT2D eigenvalue weighted by atomic mass is 16.5. The van der Waals surface area contributed by atoms with Crippen LogP contribution < -0.4 is 0 Å². The van der Waals surface area contributed by atoms with Crippen LogP contribution in [-0.4, -0.2) is 60.0 Å². The van der Waals surface area contributed by atoms with E-state index >= 15 is 0 Å². The normalized spacial score (nSPS) is 13.0. The molecular formula is C41H83NO4. The third-order valence-electron chi connectivity index (χ3n) is 9.82. The molecule has 0 saturated carbocycles. The Morgan fingerprint density at radius 3 is 1.61 bits per heavy atom. The quantitative estimate of drug-likeness (QED) is 0.0512. The van der Waals surface area contributed by atoms with Crippen molar-refractivity contribution in [3.8, 4) is 0 Å². The molecule has 5 nitrogen and oxygen atoms in total. The zero-order valence-corrected chi connectivity index (χ0v) is 31.6. The highest BCUT2D eigenvalue weighted by Gasteiger charge is 2.15. The van der Waals surface area contributed by atoms with Crippen LogP contribution in [0.1, 0.15) is 213 Å². The van der Waals surface area contributed by atoms with Crippen molar-refractivity contribution >= 4 is 5.97 Å². The van der Waals surface area contributed by atoms with Gasteiger partial charge in [-0.15, -0.1) is 0 Å². The van der Waals surface area contributed by atoms with E-state index < -0.39 is 0 Å². The first-order chi connectivity index (χ1) is 22.6. The summed E-state index contributed by atoms with van der Waals surface area (Å²) in [5.74, 6) is 0.802. The number of carbonyl (C=O) groups excluding carboxylic acids is 1. The van der Waals surface area contributed by atoms with Crippen molar-refractivity contribution in [2.45, 2.75) is 219 Å². The van der Waals surface area contributed by atoms with Gasteiger partial charge in [0.15, 0.2) is 0 Å². The van der Waals surface area contributed by atoms with Crippen LogP contribution in [0.2, 0.25) is 0 Å². The van der Waals surface area contributed by atoms with Crippen LogP contribution in [0, 0.1) is 5.92 Å². The number of carbonyl (C=O) groups is 1. The second kappa shape index (κ2) is 37.2. The third-order valence-corrected chi connectivity index (χ3v) is 9.82. The van der Waals surface area contributed by atoms with Crippen molar-refractivity contribution in [1.82, 2.24) is 4.90 Å². The van der Waals surface area contributed by atoms with Gasteiger partial charge in [0.2, 0.25) is 0 Å². The molecule has 0 spiro atoms. The number of ether oxygens (including phenoxy) is 1. The average molecular weight is 654 g/mol. The molecule has 1 unspecified atom stereocenters. The minimum absolute atomic E-state index is 0.0211. The Labute approximate surface area is 288 Å². The topological polar surface area (TPSA) is 70.0 Å². The van der Waals surface area contributed by atoms with E-state index in [4.69, 9.17) is 4.74 Å². The average Bonchev–Trinajstić information content (AvgIpc) is 3.05. The van der Waals surface area contributed by atoms with Crippen LogP contribution in [0.15, 0.2) is 0 Å². The van der Waals surface area contributed by atoms with E-state index in [1.54, 1.807) is 0 Å². The maximum Gasteiger partial charge on any atom is 0.305 e. The fourth-order valence-corrected chi connectivity index (χ4v) is 6.68. The lowest BCUT2D eigenvalue weighted by Gasteiger charge is -2.27. The Balaban J connectivity index is 4.28. The molecular weight excluding hydrogens is 570 g/mol. The van der Waals surface area contributed by atoms with Gasteiger partial charge in [0, 0.05) is 19.6 Å². The van der Waals surface area contributed by atoms with Gasteiger partial charge in [-0.1, -0.05) is 162 Å². The van der Waals surface area contributed by atoms with Crippen molar-refractivity contribution in [2.75, 3.05) is 32.8 Å². The Morgan fingerprint density at radius 2 is 1.02 bits per heavy atom. The van der Waals surface area contributed by atoms with Gasteiger partial charge in [0.1, 0.15) is 0 Å². The van der Waals surface area contributed by atoms with E-state index in [-0.39, 0.29) is 18.7 Å². The molecule has 2 N–H and O–H groups in total. The SMILES string of the molecule is CCCCCCCCC(=O)OCCCCCCCC[C@@H](O)CN(CCCCCO)CCC(CCCCCC)CCCCCCCC. The van der Waals surface area contributed by atoms with Crippen LogP contribution in [0.25, 0.3) is 0 Å². The maximum absolute atomic E-state index is 11.9. The molecule has 0 bridgehead atoms. The molecule has 0 heterocycles. The van der Waals surface area contributed by atoms with Gasteiger partial charge in [-0.05, 0) is 64.0 Å². The number of esters is 1. The van der Waals surface area contributed by atoms with Crippen LogP contribution >= 0.6 is 0 Å². The standard InChI is InChI=1S/C41H83NO4/c1-4-7-10-13-17-23-30-39(29-22-12-9-6-3)33-35-42(34-26-21-27-36-43)38-40(44)31-24-18-15-16-20-28-37-46-41(45)32-25-19-14-11-8-5-2/h39-40,43-44H,4-38H2,1-3H3/t39?,40-/m1/s1. The van der Waals surface area contributed by atoms with Crippen LogP contribution in [0.4, 0.5) is 0 Å². The first-order valence-corrected chi connectivity index (χ1v) is 20.7. The molecule has 2 atom stereocenters. The minimum atomic E-state index is -0.245. The zero-order valence-electron chi connectivity index (χ0n) is 31.6. The highest BCUT2D eigenvalue weighted by molar-refractivity contribution is 5.69. The molecule has 0 amide bonds. The van der Waals surface area contributed by atoms with Gasteiger partial charge >= 0.3 is 5.97 Å². The van der Waals surface area contributed by atoms with Crippen LogP contribution in [0.3, 0.4) is 0 Å². The summed E-state index contributed by atoms with van der Waals surface area (Å²) in [6, 6.07) is 0. The number of rotatable bonds is 38. The molecule has 0 aliphatic carbocycles. The summed E-state index contributed by atoms with van der Waals surface area (Å²) in [7, 11) is 0. The third kappa shape index (κ3) is 33.3. The van der Waals surface area contributed by atoms with Crippen molar-refractivity contribution in [1.29, 1.82) is 0 Å². The van der Waals surface area contributed by atoms with Crippen LogP contribution in [-0.2, 0) is 9.53 Å². The molecule has 46 heavy (non-hydrogen) atoms. The molecule has 0 aliphatic heterocycles. The Bertz CT molecular complexity index is 601. The Kier molecular flexibility index (Phi) is 36.6. The van der Waals surface area contributed by atoms with E-state index in [1.807, 2.05) is 0 Å². The molecule has 5 heteroatoms. The predicted octanol–water partition coefficient (Wildman–Crippen LogP) is 11.6. The summed E-state index contributed by atoms with van der Waals surface area (Å²) in [5, 5.41) is 20.2. The molecule has 0 aromatic rings. The van der Waals surface area contributed by atoms with Gasteiger partial charge in [0.05, 0.1) is 12.7 Å². The summed E-state index contributed by atoms with van der Waals surface area (Å²) in [6.45, 7) is 10.6. The lowest BCUT2D eigenvalue weighted by atomic mass is 9.91. The van der Waals surface area contributed by atoms with Crippen molar-refractivity contribution in [3.05, 3.63) is 0 Å². The summed E-state index contributed by atoms with van der Waals surface area (Å²) in [5.41, 5.74) is 0. The monoisotopic (exact) mass is 654 g/mol. The smallest absolute Gasteiger partial charge is 0.305 e. The number of aliphatic hydroxyl groups is 2. The summed E-state index contributed by atoms with van der Waals surface area (Å²) >= 11 is 0. The molecule has 0 fully saturated rings. The minimum Gasteiger partial charge on any atom is -0.466 e. The van der Waals surface area contributed by atoms with E-state index in [2.05, 4.69) is 25.7 Å². The second-order valence-electron chi connectivity index (χ2n) is 14.4. The van der Waals surface area contributed by atoms with Gasteiger partial charge in [-0.3, -0.25) is 4.79 Å². The summed E-state index contributed by atoms with van der Waals surface area (Å²) in [6.07, 6.45) is 35.9. The van der Waals surface area contributed by atoms with E-state index in [0.717, 1.165) is 83.3 Å². The summed E-state index contributed by atoms with van der Waals surface area (Å²) < 4.78 is 5.42. The molecule has 276 valence electrons. The molecule has 0 rings (SSSR count). The fourth-order valence-electron chi connectivity index (χ4n) is 6.68. The van der Waals surface area contributed by atoms with Crippen molar-refractivity contribution < 1.29 is 19.7 Å². The highest BCUT2D eigenvalue weighted by Crippen LogP contribution is 2.23. The van der Waals surface area contributed by atoms with Crippen LogP contribution in [0.5, 0.6) is 0 Å². The second-order valence-corrected chi connectivity index (χ2v) is 14.4. The predicted molar refractivity (Wildman–Crippen MR) is 200 cm³/mol. The zero-order chi connectivity index (χ0) is 33.8. The van der Waals surface area contributed by atoms with Gasteiger partial charge in [0.25, 0.3) is 0 Å². The number of aliphatic hydroxyl groups excluding tert-OH is 2. The first kappa shape index (κ1) is 45.3. The molecule has 0 aromatic carbocycles.